The number of carbonyl (C=O) groups is 1. The first-order valence-electron chi connectivity index (χ1n) is 5.13. The maximum absolute atomic E-state index is 10.5. The second kappa shape index (κ2) is 6.02. The molecule has 0 saturated heterocycles. The fourth-order valence-electron chi connectivity index (χ4n) is 1.49. The first-order valence-corrected chi connectivity index (χ1v) is 5.13. The van der Waals surface area contributed by atoms with Gasteiger partial charge in [0.1, 0.15) is 0 Å². The fraction of sp³-hybridized carbons (Fsp3) is 0.308. The Morgan fingerprint density at radius 1 is 1.40 bits per heavy atom. The molecule has 0 fully saturated rings. The molecule has 1 aromatic carbocycles. The van der Waals surface area contributed by atoms with Crippen molar-refractivity contribution >= 4 is 5.97 Å². The Labute approximate surface area is 90.3 Å². The SMILES string of the molecule is C/C=C\CCc1cccc(CC(=O)O)c1. The number of carboxylic acid groups (broad SMARTS) is 1. The van der Waals surface area contributed by atoms with E-state index in [1.807, 2.05) is 37.3 Å². The zero-order valence-corrected chi connectivity index (χ0v) is 8.94. The molecular formula is C13H16O2. The predicted octanol–water partition coefficient (Wildman–Crippen LogP) is 2.82. The molecule has 0 aliphatic rings. The van der Waals surface area contributed by atoms with Crippen LogP contribution < -0.4 is 0 Å². The van der Waals surface area contributed by atoms with Crippen molar-refractivity contribution in [2.75, 3.05) is 0 Å². The molecule has 0 aliphatic carbocycles. The Morgan fingerprint density at radius 3 is 2.80 bits per heavy atom. The van der Waals surface area contributed by atoms with E-state index in [1.165, 1.54) is 5.56 Å². The van der Waals surface area contributed by atoms with E-state index < -0.39 is 5.97 Å². The number of aliphatic carboxylic acids is 1. The van der Waals surface area contributed by atoms with E-state index >= 15 is 0 Å². The van der Waals surface area contributed by atoms with Gasteiger partial charge in [-0.05, 0) is 30.9 Å². The average molecular weight is 204 g/mol. The minimum atomic E-state index is -0.777. The van der Waals surface area contributed by atoms with E-state index in [-0.39, 0.29) is 6.42 Å². The van der Waals surface area contributed by atoms with Crippen LogP contribution in [0.15, 0.2) is 36.4 Å². The summed E-state index contributed by atoms with van der Waals surface area (Å²) in [6, 6.07) is 7.78. The van der Waals surface area contributed by atoms with Crippen molar-refractivity contribution in [1.82, 2.24) is 0 Å². The van der Waals surface area contributed by atoms with Crippen LogP contribution in [0.2, 0.25) is 0 Å². The third-order valence-corrected chi connectivity index (χ3v) is 2.18. The first-order chi connectivity index (χ1) is 7.22. The monoisotopic (exact) mass is 204 g/mol. The molecule has 80 valence electrons. The summed E-state index contributed by atoms with van der Waals surface area (Å²) < 4.78 is 0. The fourth-order valence-corrected chi connectivity index (χ4v) is 1.49. The molecule has 0 unspecified atom stereocenters. The van der Waals surface area contributed by atoms with Crippen LogP contribution in [0.4, 0.5) is 0 Å². The van der Waals surface area contributed by atoms with Gasteiger partial charge < -0.3 is 5.11 Å². The zero-order chi connectivity index (χ0) is 11.1. The molecular weight excluding hydrogens is 188 g/mol. The quantitative estimate of drug-likeness (QED) is 0.749. The van der Waals surface area contributed by atoms with Crippen LogP contribution in [0.25, 0.3) is 0 Å². The molecule has 0 bridgehead atoms. The maximum atomic E-state index is 10.5. The Bertz CT molecular complexity index is 353. The molecule has 1 aromatic rings. The number of carboxylic acids is 1. The summed E-state index contributed by atoms with van der Waals surface area (Å²) in [5.41, 5.74) is 2.08. The number of benzene rings is 1. The van der Waals surface area contributed by atoms with Crippen molar-refractivity contribution in [3.05, 3.63) is 47.5 Å². The summed E-state index contributed by atoms with van der Waals surface area (Å²) in [7, 11) is 0. The second-order valence-corrected chi connectivity index (χ2v) is 3.50. The molecule has 1 N–H and O–H groups in total. The lowest BCUT2D eigenvalue weighted by molar-refractivity contribution is -0.136. The van der Waals surface area contributed by atoms with Crippen molar-refractivity contribution in [3.8, 4) is 0 Å². The lowest BCUT2D eigenvalue weighted by atomic mass is 10.0. The molecule has 2 heteroatoms. The molecule has 15 heavy (non-hydrogen) atoms. The summed E-state index contributed by atoms with van der Waals surface area (Å²) >= 11 is 0. The topological polar surface area (TPSA) is 37.3 Å². The molecule has 0 saturated carbocycles. The molecule has 0 aromatic heterocycles. The van der Waals surface area contributed by atoms with Gasteiger partial charge in [-0.3, -0.25) is 4.79 Å². The number of hydrogen-bond acceptors (Lipinski definition) is 1. The van der Waals surface area contributed by atoms with Gasteiger partial charge in [-0.2, -0.15) is 0 Å². The molecule has 0 atom stereocenters. The van der Waals surface area contributed by atoms with E-state index in [0.717, 1.165) is 18.4 Å². The lowest BCUT2D eigenvalue weighted by Crippen LogP contribution is -2.00. The highest BCUT2D eigenvalue weighted by atomic mass is 16.4. The molecule has 2 nitrogen and oxygen atoms in total. The predicted molar refractivity (Wildman–Crippen MR) is 60.9 cm³/mol. The minimum Gasteiger partial charge on any atom is -0.481 e. The normalized spacial score (nSPS) is 10.7. The summed E-state index contributed by atoms with van der Waals surface area (Å²) in [4.78, 5) is 10.5. The van der Waals surface area contributed by atoms with Crippen molar-refractivity contribution < 1.29 is 9.90 Å². The average Bonchev–Trinajstić information content (AvgIpc) is 2.18. The highest BCUT2D eigenvalue weighted by Crippen LogP contribution is 2.08. The van der Waals surface area contributed by atoms with Gasteiger partial charge in [0.2, 0.25) is 0 Å². The highest BCUT2D eigenvalue weighted by Gasteiger charge is 2.00. The van der Waals surface area contributed by atoms with Gasteiger partial charge in [-0.1, -0.05) is 36.4 Å². The Morgan fingerprint density at radius 2 is 2.13 bits per heavy atom. The lowest BCUT2D eigenvalue weighted by Gasteiger charge is -2.01. The van der Waals surface area contributed by atoms with Crippen LogP contribution >= 0.6 is 0 Å². The zero-order valence-electron chi connectivity index (χ0n) is 8.94. The van der Waals surface area contributed by atoms with Crippen LogP contribution in [-0.4, -0.2) is 11.1 Å². The van der Waals surface area contributed by atoms with Gasteiger partial charge in [0.25, 0.3) is 0 Å². The Kier molecular flexibility index (Phi) is 4.61. The molecule has 0 radical (unpaired) electrons. The van der Waals surface area contributed by atoms with Gasteiger partial charge in [0.05, 0.1) is 6.42 Å². The number of aryl methyl sites for hydroxylation is 1. The Hall–Kier alpha value is -1.57. The van der Waals surface area contributed by atoms with Crippen molar-refractivity contribution in [2.45, 2.75) is 26.2 Å². The third-order valence-electron chi connectivity index (χ3n) is 2.18. The Balaban J connectivity index is 2.61. The van der Waals surface area contributed by atoms with Gasteiger partial charge in [0, 0.05) is 0 Å². The number of allylic oxidation sites excluding steroid dienone is 2. The second-order valence-electron chi connectivity index (χ2n) is 3.50. The number of hydrogen-bond donors (Lipinski definition) is 1. The minimum absolute atomic E-state index is 0.109. The maximum Gasteiger partial charge on any atom is 0.307 e. The summed E-state index contributed by atoms with van der Waals surface area (Å²) in [5.74, 6) is -0.777. The van der Waals surface area contributed by atoms with Crippen molar-refractivity contribution in [3.63, 3.8) is 0 Å². The van der Waals surface area contributed by atoms with E-state index in [1.54, 1.807) is 0 Å². The standard InChI is InChI=1S/C13H16O2/c1-2-3-4-6-11-7-5-8-12(9-11)10-13(14)15/h2-3,5,7-9H,4,6,10H2,1H3,(H,14,15)/b3-2-. The van der Waals surface area contributed by atoms with Crippen LogP contribution in [0.3, 0.4) is 0 Å². The molecule has 0 amide bonds. The molecule has 0 heterocycles. The highest BCUT2D eigenvalue weighted by molar-refractivity contribution is 5.70. The van der Waals surface area contributed by atoms with E-state index in [0.29, 0.717) is 0 Å². The summed E-state index contributed by atoms with van der Waals surface area (Å²) in [6.45, 7) is 2.00. The van der Waals surface area contributed by atoms with Crippen molar-refractivity contribution in [1.29, 1.82) is 0 Å². The van der Waals surface area contributed by atoms with Crippen LogP contribution in [0.5, 0.6) is 0 Å². The summed E-state index contributed by atoms with van der Waals surface area (Å²) in [5, 5.41) is 8.66. The van der Waals surface area contributed by atoms with Gasteiger partial charge in [0.15, 0.2) is 0 Å². The number of rotatable bonds is 5. The van der Waals surface area contributed by atoms with Gasteiger partial charge in [-0.25, -0.2) is 0 Å². The molecule has 0 spiro atoms. The van der Waals surface area contributed by atoms with E-state index in [4.69, 9.17) is 5.11 Å². The largest absolute Gasteiger partial charge is 0.481 e. The van der Waals surface area contributed by atoms with E-state index in [2.05, 4.69) is 6.08 Å². The van der Waals surface area contributed by atoms with Crippen LogP contribution in [0.1, 0.15) is 24.5 Å². The van der Waals surface area contributed by atoms with Crippen molar-refractivity contribution in [2.24, 2.45) is 0 Å². The smallest absolute Gasteiger partial charge is 0.307 e. The van der Waals surface area contributed by atoms with Gasteiger partial charge in [-0.15, -0.1) is 0 Å². The van der Waals surface area contributed by atoms with E-state index in [9.17, 15) is 4.79 Å². The van der Waals surface area contributed by atoms with Crippen LogP contribution in [0, 0.1) is 0 Å². The van der Waals surface area contributed by atoms with Crippen LogP contribution in [-0.2, 0) is 17.6 Å². The van der Waals surface area contributed by atoms with Gasteiger partial charge >= 0.3 is 5.97 Å². The summed E-state index contributed by atoms with van der Waals surface area (Å²) in [6.07, 6.45) is 6.23. The third kappa shape index (κ3) is 4.45. The molecule has 0 aliphatic heterocycles. The molecule has 1 rings (SSSR count). The first kappa shape index (κ1) is 11.5.